The Labute approximate surface area is 213 Å². The number of nitrogens with zero attached hydrogens (tertiary/aromatic N) is 4. The number of carbonyl (C=O) groups is 1. The first-order valence-electron chi connectivity index (χ1n) is 8.09. The van der Waals surface area contributed by atoms with Gasteiger partial charge in [0.25, 0.3) is 0 Å². The summed E-state index contributed by atoms with van der Waals surface area (Å²) in [6.07, 6.45) is 1.31. The second kappa shape index (κ2) is 9.51. The summed E-state index contributed by atoms with van der Waals surface area (Å²) in [6, 6.07) is 7.31. The summed E-state index contributed by atoms with van der Waals surface area (Å²) >= 11 is 0. The third kappa shape index (κ3) is 4.41. The van der Waals surface area contributed by atoms with Crippen molar-refractivity contribution in [2.75, 3.05) is 0 Å². The van der Waals surface area contributed by atoms with Gasteiger partial charge in [-0.3, -0.25) is 0 Å². The summed E-state index contributed by atoms with van der Waals surface area (Å²) < 4.78 is 28.8. The van der Waals surface area contributed by atoms with E-state index in [1.807, 2.05) is 0 Å². The molecular weight excluding hydrogens is 416 g/mol. The van der Waals surface area contributed by atoms with Crippen LogP contribution in [0.5, 0.6) is 5.88 Å². The fourth-order valence-corrected chi connectivity index (χ4v) is 2.94. The van der Waals surface area contributed by atoms with Gasteiger partial charge in [-0.05, 0) is 31.2 Å². The summed E-state index contributed by atoms with van der Waals surface area (Å²) in [7, 11) is 0. The number of carboxylic acid groups (broad SMARTS) is 1. The van der Waals surface area contributed by atoms with Crippen LogP contribution in [-0.2, 0) is 0 Å². The number of hydrogen-bond acceptors (Lipinski definition) is 5. The molecule has 3 heterocycles. The quantitative estimate of drug-likeness (QED) is 0.483. The molecule has 7 nitrogen and oxygen atoms in total. The second-order valence-corrected chi connectivity index (χ2v) is 6.06. The van der Waals surface area contributed by atoms with Crippen molar-refractivity contribution in [3.05, 3.63) is 65.6 Å². The average molecular weight is 430 g/mol. The molecule has 0 amide bonds. The molecule has 0 atom stereocenters. The Kier molecular flexibility index (Phi) is 7.73. The van der Waals surface area contributed by atoms with Gasteiger partial charge in [-0.2, -0.15) is 9.61 Å². The number of hydrogen-bond donors (Lipinski definition) is 2. The van der Waals surface area contributed by atoms with Crippen LogP contribution in [0.2, 0.25) is 0 Å². The zero-order valence-electron chi connectivity index (χ0n) is 14.4. The fourth-order valence-electron chi connectivity index (χ4n) is 2.94. The minimum absolute atomic E-state index is 0. The number of aryl methyl sites for hydroxylation is 1. The van der Waals surface area contributed by atoms with E-state index in [9.17, 15) is 18.7 Å². The van der Waals surface area contributed by atoms with Crippen molar-refractivity contribution in [2.24, 2.45) is 0 Å². The number of aromatic carboxylic acids is 1. The number of fused-ring (bicyclic) bond motifs is 1. The van der Waals surface area contributed by atoms with Gasteiger partial charge in [0.15, 0.2) is 5.65 Å². The van der Waals surface area contributed by atoms with Gasteiger partial charge in [-0.15, -0.1) is 0 Å². The zero-order chi connectivity index (χ0) is 20.0. The number of aromatic hydroxyl groups is 1. The van der Waals surface area contributed by atoms with E-state index in [1.165, 1.54) is 30.5 Å². The first-order chi connectivity index (χ1) is 13.3. The van der Waals surface area contributed by atoms with Crippen LogP contribution in [0.25, 0.3) is 28.0 Å². The van der Waals surface area contributed by atoms with Crippen molar-refractivity contribution in [2.45, 2.75) is 6.92 Å². The van der Waals surface area contributed by atoms with Crippen LogP contribution in [0.4, 0.5) is 8.78 Å². The maximum absolute atomic E-state index is 14.3. The van der Waals surface area contributed by atoms with Gasteiger partial charge in [-0.25, -0.2) is 23.5 Å². The summed E-state index contributed by atoms with van der Waals surface area (Å²) in [4.78, 5) is 19.2. The molecule has 4 rings (SSSR count). The van der Waals surface area contributed by atoms with Gasteiger partial charge < -0.3 is 10.2 Å². The van der Waals surface area contributed by atoms with Gasteiger partial charge in [0.2, 0.25) is 5.88 Å². The van der Waals surface area contributed by atoms with Gasteiger partial charge >= 0.3 is 65.1 Å². The van der Waals surface area contributed by atoms with E-state index < -0.39 is 17.6 Å². The summed E-state index contributed by atoms with van der Waals surface area (Å²) in [5.74, 6) is -2.91. The molecule has 11 heteroatoms. The van der Waals surface area contributed by atoms with Gasteiger partial charge in [0.1, 0.15) is 17.3 Å². The van der Waals surface area contributed by atoms with E-state index in [2.05, 4.69) is 15.1 Å². The van der Waals surface area contributed by atoms with Crippen LogP contribution in [0, 0.1) is 18.6 Å². The fraction of sp³-hybridized carbons (Fsp3) is 0.0526. The molecule has 30 heavy (non-hydrogen) atoms. The predicted molar refractivity (Wildman–Crippen MR) is 109 cm³/mol. The monoisotopic (exact) mass is 430 g/mol. The molecule has 0 bridgehead atoms. The van der Waals surface area contributed by atoms with Crippen molar-refractivity contribution in [3.8, 4) is 28.3 Å². The van der Waals surface area contributed by atoms with E-state index in [0.717, 1.165) is 16.6 Å². The molecule has 0 aliphatic carbocycles. The third-order valence-corrected chi connectivity index (χ3v) is 4.22. The third-order valence-electron chi connectivity index (χ3n) is 4.22. The van der Waals surface area contributed by atoms with Crippen LogP contribution in [0.3, 0.4) is 0 Å². The number of rotatable bonds is 3. The van der Waals surface area contributed by atoms with Crippen LogP contribution >= 0.6 is 0 Å². The van der Waals surface area contributed by atoms with Crippen LogP contribution in [0.15, 0.2) is 42.6 Å². The molecule has 0 radical (unpaired) electrons. The summed E-state index contributed by atoms with van der Waals surface area (Å²) in [6.45, 7) is 1.62. The van der Waals surface area contributed by atoms with Gasteiger partial charge in [0, 0.05) is 29.5 Å². The molecule has 0 unspecified atom stereocenters. The van der Waals surface area contributed by atoms with E-state index >= 15 is 0 Å². The van der Waals surface area contributed by atoms with Crippen molar-refractivity contribution in [3.63, 3.8) is 0 Å². The molecule has 3 aromatic heterocycles. The maximum atomic E-state index is 14.3. The Morgan fingerprint density at radius 2 is 1.83 bits per heavy atom. The Morgan fingerprint density at radius 1 is 1.10 bits per heavy atom. The normalized spacial score (nSPS) is 10.4. The van der Waals surface area contributed by atoms with Crippen molar-refractivity contribution >= 4 is 70.7 Å². The number of carboxylic acids is 1. The molecule has 0 aliphatic heterocycles. The molecule has 4 aromatic rings. The van der Waals surface area contributed by atoms with Crippen LogP contribution in [-0.4, -0.2) is 94.9 Å². The molecule has 0 saturated carbocycles. The van der Waals surface area contributed by atoms with Crippen LogP contribution < -0.4 is 0 Å². The van der Waals surface area contributed by atoms with Crippen molar-refractivity contribution < 1.29 is 23.8 Å². The molecule has 0 aliphatic rings. The predicted octanol–water partition coefficient (Wildman–Crippen LogP) is 2.15. The van der Waals surface area contributed by atoms with Crippen LogP contribution in [0.1, 0.15) is 16.2 Å². The van der Waals surface area contributed by atoms with E-state index in [1.54, 1.807) is 6.92 Å². The number of benzene rings is 1. The summed E-state index contributed by atoms with van der Waals surface area (Å²) in [5.41, 5.74) is 1.57. The second-order valence-electron chi connectivity index (χ2n) is 6.06. The SMILES string of the molecule is Cc1nn2c(O)cc(-c3ccc(C(=O)O)nc3)nc2c1-c1ccc(F)cc1F.[NaH].[NaH]. The van der Waals surface area contributed by atoms with Gasteiger partial charge in [0.05, 0.1) is 17.0 Å². The van der Waals surface area contributed by atoms with Crippen molar-refractivity contribution in [1.29, 1.82) is 0 Å². The molecular formula is C19H14F2N4Na2O3. The van der Waals surface area contributed by atoms with E-state index in [0.29, 0.717) is 16.8 Å². The van der Waals surface area contributed by atoms with Crippen molar-refractivity contribution in [1.82, 2.24) is 19.6 Å². The zero-order valence-corrected chi connectivity index (χ0v) is 14.4. The topological polar surface area (TPSA) is 101 Å². The summed E-state index contributed by atoms with van der Waals surface area (Å²) in [5, 5.41) is 23.5. The number of pyridine rings is 1. The molecule has 2 N–H and O–H groups in total. The average Bonchev–Trinajstić information content (AvgIpc) is 2.98. The Balaban J connectivity index is 0.00000160. The Hall–Kier alpha value is -1.88. The van der Waals surface area contributed by atoms with E-state index in [-0.39, 0.29) is 87.6 Å². The molecule has 1 aromatic carbocycles. The standard InChI is InChI=1S/C19H12F2N4O3.2Na.2H/c1-9-17(12-4-3-11(20)6-13(12)21)18-23-15(7-16(26)25(18)24-9)10-2-5-14(19(27)28)22-8-10;;;;/h2-8,26H,1H3,(H,27,28);;;;. The molecule has 0 spiro atoms. The number of halogens is 2. The Bertz CT molecular complexity index is 1250. The molecule has 0 fully saturated rings. The molecule has 0 saturated heterocycles. The number of aromatic nitrogens is 4. The first-order valence-corrected chi connectivity index (χ1v) is 8.09. The van der Waals surface area contributed by atoms with E-state index in [4.69, 9.17) is 5.11 Å². The Morgan fingerprint density at radius 3 is 2.43 bits per heavy atom. The minimum atomic E-state index is -1.17. The van der Waals surface area contributed by atoms with Gasteiger partial charge in [-0.1, -0.05) is 0 Å². The first kappa shape index (κ1) is 24.4. The molecule has 144 valence electrons.